The number of fused-ring (bicyclic) bond motifs is 1. The van der Waals surface area contributed by atoms with E-state index in [1.54, 1.807) is 4.90 Å². The number of benzene rings is 1. The Morgan fingerprint density at radius 1 is 1.17 bits per heavy atom. The van der Waals surface area contributed by atoms with Crippen LogP contribution in [0, 0.1) is 6.92 Å². The molecule has 1 amide bonds. The largest absolute Gasteiger partial charge is 0.341 e. The second-order valence-electron chi connectivity index (χ2n) is 5.38. The number of amides is 1. The van der Waals surface area contributed by atoms with Crippen molar-refractivity contribution in [2.24, 2.45) is 0 Å². The van der Waals surface area contributed by atoms with Gasteiger partial charge in [-0.3, -0.25) is 9.20 Å². The smallest absolute Gasteiger partial charge is 0.233 e. The molecule has 0 unspecified atom stereocenters. The average Bonchev–Trinajstić information content (AvgIpc) is 2.98. The average molecular weight is 326 g/mol. The summed E-state index contributed by atoms with van der Waals surface area (Å²) in [7, 11) is 1.83. The van der Waals surface area contributed by atoms with Gasteiger partial charge in [-0.25, -0.2) is 0 Å². The number of aryl methyl sites for hydroxylation is 1. The number of pyridine rings is 1. The summed E-state index contributed by atoms with van der Waals surface area (Å²) >= 11 is 1.41. The summed E-state index contributed by atoms with van der Waals surface area (Å²) in [6, 6.07) is 13.9. The summed E-state index contributed by atoms with van der Waals surface area (Å²) in [6.45, 7) is 2.68. The van der Waals surface area contributed by atoms with E-state index in [4.69, 9.17) is 0 Å². The van der Waals surface area contributed by atoms with Crippen LogP contribution in [0.5, 0.6) is 0 Å². The van der Waals surface area contributed by atoms with Crippen molar-refractivity contribution in [3.63, 3.8) is 0 Å². The van der Waals surface area contributed by atoms with Crippen molar-refractivity contribution in [1.29, 1.82) is 0 Å². The van der Waals surface area contributed by atoms with Crippen molar-refractivity contribution in [3.8, 4) is 0 Å². The van der Waals surface area contributed by atoms with Crippen molar-refractivity contribution in [3.05, 3.63) is 59.8 Å². The minimum Gasteiger partial charge on any atom is -0.341 e. The number of thioether (sulfide) groups is 1. The van der Waals surface area contributed by atoms with Gasteiger partial charge in [0, 0.05) is 19.8 Å². The van der Waals surface area contributed by atoms with E-state index in [0.29, 0.717) is 12.3 Å². The van der Waals surface area contributed by atoms with Crippen LogP contribution < -0.4 is 0 Å². The minimum atomic E-state index is 0.0749. The van der Waals surface area contributed by atoms with Crippen LogP contribution in [-0.4, -0.2) is 38.2 Å². The van der Waals surface area contributed by atoms with E-state index in [9.17, 15) is 4.79 Å². The van der Waals surface area contributed by atoms with Crippen molar-refractivity contribution in [2.75, 3.05) is 12.8 Å². The molecule has 0 bridgehead atoms. The number of aromatic nitrogens is 3. The monoisotopic (exact) mass is 326 g/mol. The fraction of sp³-hybridized carbons (Fsp3) is 0.235. The van der Waals surface area contributed by atoms with Gasteiger partial charge in [-0.15, -0.1) is 10.2 Å². The minimum absolute atomic E-state index is 0.0749. The molecule has 6 heteroatoms. The highest BCUT2D eigenvalue weighted by Crippen LogP contribution is 2.17. The predicted molar refractivity (Wildman–Crippen MR) is 91.4 cm³/mol. The lowest BCUT2D eigenvalue weighted by Gasteiger charge is -2.18. The van der Waals surface area contributed by atoms with Gasteiger partial charge in [0.1, 0.15) is 0 Å². The molecule has 23 heavy (non-hydrogen) atoms. The van der Waals surface area contributed by atoms with Gasteiger partial charge in [-0.1, -0.05) is 42.1 Å². The Morgan fingerprint density at radius 2 is 1.96 bits per heavy atom. The van der Waals surface area contributed by atoms with Gasteiger partial charge in [-0.2, -0.15) is 0 Å². The van der Waals surface area contributed by atoms with E-state index in [0.717, 1.165) is 10.8 Å². The van der Waals surface area contributed by atoms with Crippen molar-refractivity contribution in [1.82, 2.24) is 19.5 Å². The molecule has 2 heterocycles. The second-order valence-corrected chi connectivity index (χ2v) is 6.32. The Kier molecular flexibility index (Phi) is 4.62. The number of carbonyl (C=O) groups is 1. The standard InChI is InChI=1S/C17H18N4OS/c1-13-7-3-4-8-14(13)11-20(2)16(22)12-23-17-19-18-15-9-5-6-10-21(15)17/h3-10H,11-12H2,1-2H3. The van der Waals surface area contributed by atoms with Gasteiger partial charge in [0.15, 0.2) is 10.8 Å². The molecule has 118 valence electrons. The van der Waals surface area contributed by atoms with Crippen LogP contribution in [0.2, 0.25) is 0 Å². The Morgan fingerprint density at radius 3 is 2.78 bits per heavy atom. The number of hydrogen-bond donors (Lipinski definition) is 0. The summed E-state index contributed by atoms with van der Waals surface area (Å²) in [6.07, 6.45) is 1.90. The quantitative estimate of drug-likeness (QED) is 0.677. The van der Waals surface area contributed by atoms with Gasteiger partial charge >= 0.3 is 0 Å². The zero-order valence-electron chi connectivity index (χ0n) is 13.1. The summed E-state index contributed by atoms with van der Waals surface area (Å²) in [5, 5.41) is 8.95. The SMILES string of the molecule is Cc1ccccc1CN(C)C(=O)CSc1nnc2ccccn12. The van der Waals surface area contributed by atoms with Gasteiger partial charge in [0.25, 0.3) is 0 Å². The Labute approximate surface area is 139 Å². The van der Waals surface area contributed by atoms with E-state index >= 15 is 0 Å². The lowest BCUT2D eigenvalue weighted by atomic mass is 10.1. The van der Waals surface area contributed by atoms with Gasteiger partial charge in [0.2, 0.25) is 5.91 Å². The molecule has 0 atom stereocenters. The summed E-state index contributed by atoms with van der Waals surface area (Å²) < 4.78 is 1.89. The molecule has 0 spiro atoms. The molecule has 0 radical (unpaired) electrons. The van der Waals surface area contributed by atoms with Crippen LogP contribution in [-0.2, 0) is 11.3 Å². The third kappa shape index (κ3) is 3.53. The molecular formula is C17H18N4OS. The molecule has 0 saturated heterocycles. The highest BCUT2D eigenvalue weighted by atomic mass is 32.2. The maximum atomic E-state index is 12.3. The molecule has 0 saturated carbocycles. The Bertz CT molecular complexity index is 830. The van der Waals surface area contributed by atoms with E-state index in [1.807, 2.05) is 48.0 Å². The molecular weight excluding hydrogens is 308 g/mol. The number of nitrogens with zero attached hydrogens (tertiary/aromatic N) is 4. The maximum Gasteiger partial charge on any atom is 0.233 e. The number of carbonyl (C=O) groups excluding carboxylic acids is 1. The molecule has 2 aromatic heterocycles. The molecule has 3 rings (SSSR count). The molecule has 1 aromatic carbocycles. The topological polar surface area (TPSA) is 50.5 Å². The third-order valence-electron chi connectivity index (χ3n) is 3.70. The summed E-state index contributed by atoms with van der Waals surface area (Å²) in [4.78, 5) is 14.1. The zero-order chi connectivity index (χ0) is 16.2. The molecule has 3 aromatic rings. The molecule has 0 fully saturated rings. The number of hydrogen-bond acceptors (Lipinski definition) is 4. The first-order valence-corrected chi connectivity index (χ1v) is 8.35. The fourth-order valence-electron chi connectivity index (χ4n) is 2.29. The van der Waals surface area contributed by atoms with E-state index in [2.05, 4.69) is 29.3 Å². The van der Waals surface area contributed by atoms with E-state index in [1.165, 1.54) is 22.9 Å². The van der Waals surface area contributed by atoms with Crippen LogP contribution in [0.25, 0.3) is 5.65 Å². The molecule has 5 nitrogen and oxygen atoms in total. The number of rotatable bonds is 5. The molecule has 0 N–H and O–H groups in total. The van der Waals surface area contributed by atoms with Gasteiger partial charge in [0.05, 0.1) is 5.75 Å². The van der Waals surface area contributed by atoms with Crippen LogP contribution in [0.4, 0.5) is 0 Å². The van der Waals surface area contributed by atoms with Crippen LogP contribution in [0.3, 0.4) is 0 Å². The van der Waals surface area contributed by atoms with Crippen LogP contribution >= 0.6 is 11.8 Å². The highest BCUT2D eigenvalue weighted by Gasteiger charge is 2.13. The van der Waals surface area contributed by atoms with Crippen LogP contribution in [0.1, 0.15) is 11.1 Å². The lowest BCUT2D eigenvalue weighted by molar-refractivity contribution is -0.127. The summed E-state index contributed by atoms with van der Waals surface area (Å²) in [5.74, 6) is 0.420. The Balaban J connectivity index is 1.62. The first-order chi connectivity index (χ1) is 11.1. The molecule has 0 aliphatic heterocycles. The Hall–Kier alpha value is -2.34. The highest BCUT2D eigenvalue weighted by molar-refractivity contribution is 7.99. The lowest BCUT2D eigenvalue weighted by Crippen LogP contribution is -2.28. The summed E-state index contributed by atoms with van der Waals surface area (Å²) in [5.41, 5.74) is 3.15. The normalized spacial score (nSPS) is 10.9. The second kappa shape index (κ2) is 6.83. The first-order valence-electron chi connectivity index (χ1n) is 7.36. The zero-order valence-corrected chi connectivity index (χ0v) is 14.0. The fourth-order valence-corrected chi connectivity index (χ4v) is 3.15. The van der Waals surface area contributed by atoms with E-state index < -0.39 is 0 Å². The first kappa shape index (κ1) is 15.6. The van der Waals surface area contributed by atoms with Crippen LogP contribution in [0.15, 0.2) is 53.8 Å². The van der Waals surface area contributed by atoms with Crippen molar-refractivity contribution < 1.29 is 4.79 Å². The predicted octanol–water partition coefficient (Wildman–Crippen LogP) is 2.79. The maximum absolute atomic E-state index is 12.3. The van der Waals surface area contributed by atoms with Crippen molar-refractivity contribution in [2.45, 2.75) is 18.6 Å². The van der Waals surface area contributed by atoms with E-state index in [-0.39, 0.29) is 5.91 Å². The third-order valence-corrected chi connectivity index (χ3v) is 4.63. The van der Waals surface area contributed by atoms with Gasteiger partial charge in [-0.05, 0) is 30.2 Å². The molecule has 0 aliphatic rings. The molecule has 0 aliphatic carbocycles. The van der Waals surface area contributed by atoms with Gasteiger partial charge < -0.3 is 4.90 Å². The van der Waals surface area contributed by atoms with Crippen molar-refractivity contribution >= 4 is 23.3 Å².